The van der Waals surface area contributed by atoms with E-state index in [0.29, 0.717) is 0 Å². The molecule has 21 heavy (non-hydrogen) atoms. The SMILES string of the molecule is CCc1ccc(C(C)(Nc2cccc(C)c2)C(N)=O)cc1. The summed E-state index contributed by atoms with van der Waals surface area (Å²) in [4.78, 5) is 12.0. The van der Waals surface area contributed by atoms with E-state index in [9.17, 15) is 4.79 Å². The average molecular weight is 282 g/mol. The number of carbonyl (C=O) groups excluding carboxylic acids is 1. The standard InChI is InChI=1S/C18H22N2O/c1-4-14-8-10-15(11-9-14)18(3,17(19)21)20-16-7-5-6-13(2)12-16/h5-12,20H,4H2,1-3H3,(H2,19,21). The van der Waals surface area contributed by atoms with Gasteiger partial charge in [0.15, 0.2) is 0 Å². The summed E-state index contributed by atoms with van der Waals surface area (Å²) in [6.07, 6.45) is 0.971. The topological polar surface area (TPSA) is 55.1 Å². The number of carbonyl (C=O) groups is 1. The molecule has 0 fully saturated rings. The molecule has 1 amide bonds. The fourth-order valence-electron chi connectivity index (χ4n) is 2.36. The normalized spacial score (nSPS) is 13.5. The largest absolute Gasteiger partial charge is 0.368 e. The molecule has 2 rings (SSSR count). The number of rotatable bonds is 5. The Morgan fingerprint density at radius 3 is 2.38 bits per heavy atom. The zero-order valence-corrected chi connectivity index (χ0v) is 12.8. The molecule has 1 atom stereocenters. The van der Waals surface area contributed by atoms with Gasteiger partial charge in [0.05, 0.1) is 0 Å². The number of nitrogens with two attached hydrogens (primary N) is 1. The van der Waals surface area contributed by atoms with Gasteiger partial charge in [0.25, 0.3) is 0 Å². The first-order valence-corrected chi connectivity index (χ1v) is 7.20. The van der Waals surface area contributed by atoms with E-state index in [-0.39, 0.29) is 0 Å². The van der Waals surface area contributed by atoms with E-state index < -0.39 is 11.4 Å². The second-order valence-corrected chi connectivity index (χ2v) is 5.53. The molecule has 3 heteroatoms. The zero-order chi connectivity index (χ0) is 15.5. The van der Waals surface area contributed by atoms with E-state index >= 15 is 0 Å². The van der Waals surface area contributed by atoms with Crippen molar-refractivity contribution in [2.45, 2.75) is 32.7 Å². The van der Waals surface area contributed by atoms with Crippen LogP contribution in [0, 0.1) is 6.92 Å². The molecule has 0 saturated heterocycles. The number of anilines is 1. The second kappa shape index (κ2) is 6.00. The Labute approximate surface area is 126 Å². The van der Waals surface area contributed by atoms with Crippen molar-refractivity contribution in [1.82, 2.24) is 0 Å². The van der Waals surface area contributed by atoms with Crippen molar-refractivity contribution < 1.29 is 4.79 Å². The highest BCUT2D eigenvalue weighted by Crippen LogP contribution is 2.27. The number of benzene rings is 2. The maximum absolute atomic E-state index is 12.0. The Balaban J connectivity index is 2.37. The van der Waals surface area contributed by atoms with Crippen molar-refractivity contribution in [2.75, 3.05) is 5.32 Å². The number of aryl methyl sites for hydroxylation is 2. The second-order valence-electron chi connectivity index (χ2n) is 5.53. The summed E-state index contributed by atoms with van der Waals surface area (Å²) in [6, 6.07) is 15.9. The lowest BCUT2D eigenvalue weighted by Gasteiger charge is -2.29. The minimum absolute atomic E-state index is 0.395. The van der Waals surface area contributed by atoms with Crippen molar-refractivity contribution in [3.63, 3.8) is 0 Å². The Bertz CT molecular complexity index is 634. The van der Waals surface area contributed by atoms with Crippen molar-refractivity contribution in [3.05, 3.63) is 65.2 Å². The smallest absolute Gasteiger partial charge is 0.247 e. The van der Waals surface area contributed by atoms with E-state index in [4.69, 9.17) is 5.73 Å². The first-order chi connectivity index (χ1) is 9.95. The molecule has 2 aromatic carbocycles. The van der Waals surface area contributed by atoms with Gasteiger partial charge in [-0.15, -0.1) is 0 Å². The highest BCUT2D eigenvalue weighted by atomic mass is 16.1. The van der Waals surface area contributed by atoms with Gasteiger partial charge < -0.3 is 11.1 Å². The summed E-state index contributed by atoms with van der Waals surface area (Å²) < 4.78 is 0. The third-order valence-electron chi connectivity index (χ3n) is 3.84. The molecule has 1 unspecified atom stereocenters. The van der Waals surface area contributed by atoms with Crippen molar-refractivity contribution in [3.8, 4) is 0 Å². The highest BCUT2D eigenvalue weighted by Gasteiger charge is 2.33. The lowest BCUT2D eigenvalue weighted by molar-refractivity contribution is -0.122. The van der Waals surface area contributed by atoms with E-state index in [1.54, 1.807) is 0 Å². The molecule has 0 bridgehead atoms. The van der Waals surface area contributed by atoms with Gasteiger partial charge in [0.2, 0.25) is 5.91 Å². The summed E-state index contributed by atoms with van der Waals surface area (Å²) in [5.41, 5.74) is 8.85. The van der Waals surface area contributed by atoms with Gasteiger partial charge in [-0.05, 0) is 49.1 Å². The molecule has 3 N–H and O–H groups in total. The molecule has 0 heterocycles. The van der Waals surface area contributed by atoms with Gasteiger partial charge in [0.1, 0.15) is 5.54 Å². The Morgan fingerprint density at radius 2 is 1.86 bits per heavy atom. The molecule has 0 radical (unpaired) electrons. The van der Waals surface area contributed by atoms with Crippen LogP contribution in [0.4, 0.5) is 5.69 Å². The fraction of sp³-hybridized carbons (Fsp3) is 0.278. The van der Waals surface area contributed by atoms with Crippen LogP contribution >= 0.6 is 0 Å². The van der Waals surface area contributed by atoms with Gasteiger partial charge >= 0.3 is 0 Å². The van der Waals surface area contributed by atoms with Crippen molar-refractivity contribution >= 4 is 11.6 Å². The molecule has 0 aliphatic rings. The third-order valence-corrected chi connectivity index (χ3v) is 3.84. The van der Waals surface area contributed by atoms with E-state index in [1.807, 2.05) is 62.4 Å². The Morgan fingerprint density at radius 1 is 1.19 bits per heavy atom. The Kier molecular flexibility index (Phi) is 4.32. The van der Waals surface area contributed by atoms with Crippen LogP contribution in [0.3, 0.4) is 0 Å². The lowest BCUT2D eigenvalue weighted by Crippen LogP contribution is -2.45. The molecule has 0 aliphatic carbocycles. The predicted molar refractivity (Wildman–Crippen MR) is 87.2 cm³/mol. The lowest BCUT2D eigenvalue weighted by atomic mass is 9.90. The van der Waals surface area contributed by atoms with Crippen LogP contribution in [0.15, 0.2) is 48.5 Å². The summed E-state index contributed by atoms with van der Waals surface area (Å²) in [5, 5.41) is 3.27. The number of hydrogen-bond donors (Lipinski definition) is 2. The van der Waals surface area contributed by atoms with Gasteiger partial charge in [0, 0.05) is 5.69 Å². The van der Waals surface area contributed by atoms with Crippen LogP contribution in [0.25, 0.3) is 0 Å². The maximum atomic E-state index is 12.0. The van der Waals surface area contributed by atoms with E-state index in [1.165, 1.54) is 5.56 Å². The average Bonchev–Trinajstić information content (AvgIpc) is 2.47. The first-order valence-electron chi connectivity index (χ1n) is 7.20. The van der Waals surface area contributed by atoms with Crippen LogP contribution in [0.5, 0.6) is 0 Å². The van der Waals surface area contributed by atoms with Gasteiger partial charge in [-0.2, -0.15) is 0 Å². The zero-order valence-electron chi connectivity index (χ0n) is 12.8. The fourth-order valence-corrected chi connectivity index (χ4v) is 2.36. The molecule has 2 aromatic rings. The summed E-state index contributed by atoms with van der Waals surface area (Å²) in [6.45, 7) is 5.94. The van der Waals surface area contributed by atoms with Crippen molar-refractivity contribution in [1.29, 1.82) is 0 Å². The molecule has 0 saturated carbocycles. The van der Waals surface area contributed by atoms with Crippen LogP contribution in [0.1, 0.15) is 30.5 Å². The molecule has 0 aliphatic heterocycles. The molecular weight excluding hydrogens is 260 g/mol. The van der Waals surface area contributed by atoms with Crippen LogP contribution in [-0.4, -0.2) is 5.91 Å². The number of nitrogens with one attached hydrogen (secondary N) is 1. The monoisotopic (exact) mass is 282 g/mol. The van der Waals surface area contributed by atoms with Crippen LogP contribution in [0.2, 0.25) is 0 Å². The van der Waals surface area contributed by atoms with E-state index in [0.717, 1.165) is 23.2 Å². The highest BCUT2D eigenvalue weighted by molar-refractivity contribution is 5.89. The molecule has 0 aromatic heterocycles. The quantitative estimate of drug-likeness (QED) is 0.883. The maximum Gasteiger partial charge on any atom is 0.247 e. The first kappa shape index (κ1) is 15.1. The molecule has 0 spiro atoms. The predicted octanol–water partition coefficient (Wildman–Crippen LogP) is 3.37. The summed E-state index contributed by atoms with van der Waals surface area (Å²) in [7, 11) is 0. The molecular formula is C18H22N2O. The van der Waals surface area contributed by atoms with Gasteiger partial charge in [-0.1, -0.05) is 43.3 Å². The number of primary amides is 1. The summed E-state index contributed by atoms with van der Waals surface area (Å²) >= 11 is 0. The minimum atomic E-state index is -0.930. The molecule has 3 nitrogen and oxygen atoms in total. The van der Waals surface area contributed by atoms with Crippen LogP contribution < -0.4 is 11.1 Å². The summed E-state index contributed by atoms with van der Waals surface area (Å²) in [5.74, 6) is -0.395. The van der Waals surface area contributed by atoms with Crippen LogP contribution in [-0.2, 0) is 16.8 Å². The number of amides is 1. The van der Waals surface area contributed by atoms with Gasteiger partial charge in [-0.3, -0.25) is 4.79 Å². The Hall–Kier alpha value is -2.29. The van der Waals surface area contributed by atoms with Gasteiger partial charge in [-0.25, -0.2) is 0 Å². The minimum Gasteiger partial charge on any atom is -0.368 e. The van der Waals surface area contributed by atoms with Crippen molar-refractivity contribution in [2.24, 2.45) is 5.73 Å². The molecule has 110 valence electrons. The number of hydrogen-bond acceptors (Lipinski definition) is 2. The third kappa shape index (κ3) is 3.24. The van der Waals surface area contributed by atoms with E-state index in [2.05, 4.69) is 12.2 Å².